The highest BCUT2D eigenvalue weighted by atomic mass is 79.9. The minimum Gasteiger partial charge on any atom is -0.497 e. The molecule has 0 spiro atoms. The number of carbonyl (C=O) groups excluding carboxylic acids is 3. The standard InChI is InChI=1S/C10H6BrN3O3.C10H11NO2/c11-7-2-1-5-4(12-7)3-6(17-5)8-9(15)14-10(16)13-8;1-11-6-7-3-4-8(13-2)5-9(7)10(11)12/h1-3,8H,(H2,13,14,15,16);3-5H,6H2,1-2H3. The third-order valence-corrected chi connectivity index (χ3v) is 5.16. The van der Waals surface area contributed by atoms with Crippen LogP contribution >= 0.6 is 15.9 Å². The van der Waals surface area contributed by atoms with E-state index < -0.39 is 18.0 Å². The zero-order valence-electron chi connectivity index (χ0n) is 16.1. The smallest absolute Gasteiger partial charge is 0.322 e. The molecule has 2 aliphatic rings. The molecule has 154 valence electrons. The number of amides is 4. The van der Waals surface area contributed by atoms with Gasteiger partial charge in [0.25, 0.3) is 11.8 Å². The van der Waals surface area contributed by atoms with Gasteiger partial charge in [-0.1, -0.05) is 6.07 Å². The van der Waals surface area contributed by atoms with Crippen molar-refractivity contribution < 1.29 is 23.5 Å². The van der Waals surface area contributed by atoms with Crippen molar-refractivity contribution in [1.29, 1.82) is 0 Å². The van der Waals surface area contributed by atoms with Gasteiger partial charge in [-0.3, -0.25) is 14.9 Å². The highest BCUT2D eigenvalue weighted by Crippen LogP contribution is 2.26. The summed E-state index contributed by atoms with van der Waals surface area (Å²) in [5.41, 5.74) is 3.04. The molecule has 1 unspecified atom stereocenters. The fourth-order valence-corrected chi connectivity index (χ4v) is 3.55. The van der Waals surface area contributed by atoms with E-state index in [1.165, 1.54) is 0 Å². The fraction of sp³-hybridized carbons (Fsp3) is 0.200. The van der Waals surface area contributed by atoms with Gasteiger partial charge in [-0.25, -0.2) is 9.78 Å². The minimum atomic E-state index is -0.782. The number of rotatable bonds is 2. The number of halogens is 1. The molecule has 2 aromatic heterocycles. The second-order valence-corrected chi connectivity index (χ2v) is 7.56. The van der Waals surface area contributed by atoms with Crippen LogP contribution in [0.15, 0.2) is 45.4 Å². The molecule has 0 aliphatic carbocycles. The first-order chi connectivity index (χ1) is 14.4. The average Bonchev–Trinajstić information content (AvgIpc) is 3.37. The van der Waals surface area contributed by atoms with E-state index >= 15 is 0 Å². The number of pyridine rings is 1. The molecule has 30 heavy (non-hydrogen) atoms. The monoisotopic (exact) mass is 472 g/mol. The molecule has 0 bridgehead atoms. The lowest BCUT2D eigenvalue weighted by Crippen LogP contribution is -2.22. The molecule has 5 rings (SSSR count). The summed E-state index contributed by atoms with van der Waals surface area (Å²) in [5.74, 6) is 0.762. The van der Waals surface area contributed by atoms with Gasteiger partial charge in [0.05, 0.1) is 7.11 Å². The molecule has 0 saturated carbocycles. The number of hydrogen-bond acceptors (Lipinski definition) is 6. The van der Waals surface area contributed by atoms with Gasteiger partial charge in [0.15, 0.2) is 11.6 Å². The normalized spacial score (nSPS) is 17.4. The minimum absolute atomic E-state index is 0.0777. The highest BCUT2D eigenvalue weighted by Gasteiger charge is 2.33. The van der Waals surface area contributed by atoms with Crippen LogP contribution in [-0.2, 0) is 11.3 Å². The van der Waals surface area contributed by atoms with Crippen molar-refractivity contribution >= 4 is 44.9 Å². The number of furan rings is 1. The first kappa shape index (κ1) is 19.9. The van der Waals surface area contributed by atoms with Crippen molar-refractivity contribution in [2.75, 3.05) is 14.2 Å². The first-order valence-electron chi connectivity index (χ1n) is 8.95. The van der Waals surface area contributed by atoms with E-state index in [1.807, 2.05) is 12.1 Å². The molecular formula is C20H17BrN4O5. The predicted molar refractivity (Wildman–Crippen MR) is 110 cm³/mol. The van der Waals surface area contributed by atoms with Gasteiger partial charge in [0.2, 0.25) is 0 Å². The summed E-state index contributed by atoms with van der Waals surface area (Å²) < 4.78 is 11.2. The Balaban J connectivity index is 0.000000151. The molecule has 4 amide bonds. The molecule has 1 aromatic carbocycles. The van der Waals surface area contributed by atoms with Crippen LogP contribution in [0.1, 0.15) is 27.7 Å². The number of nitrogens with one attached hydrogen (secondary N) is 2. The molecule has 0 radical (unpaired) electrons. The fourth-order valence-electron chi connectivity index (χ4n) is 3.23. The molecule has 4 heterocycles. The second kappa shape index (κ2) is 7.79. The molecular weight excluding hydrogens is 456 g/mol. The van der Waals surface area contributed by atoms with E-state index in [0.29, 0.717) is 28.0 Å². The van der Waals surface area contributed by atoms with E-state index in [4.69, 9.17) is 9.15 Å². The Morgan fingerprint density at radius 2 is 2.00 bits per heavy atom. The van der Waals surface area contributed by atoms with Crippen molar-refractivity contribution in [3.05, 3.63) is 57.9 Å². The number of aromatic nitrogens is 1. The topological polar surface area (TPSA) is 114 Å². The van der Waals surface area contributed by atoms with Gasteiger partial charge in [0, 0.05) is 25.2 Å². The number of hydrogen-bond donors (Lipinski definition) is 2. The molecule has 2 aliphatic heterocycles. The number of nitrogens with zero attached hydrogens (tertiary/aromatic N) is 2. The van der Waals surface area contributed by atoms with Gasteiger partial charge in [0.1, 0.15) is 21.6 Å². The third-order valence-electron chi connectivity index (χ3n) is 4.72. The predicted octanol–water partition coefficient (Wildman–Crippen LogP) is 2.75. The number of imide groups is 1. The average molecular weight is 473 g/mol. The van der Waals surface area contributed by atoms with Gasteiger partial charge in [-0.2, -0.15) is 0 Å². The summed E-state index contributed by atoms with van der Waals surface area (Å²) in [4.78, 5) is 39.9. The van der Waals surface area contributed by atoms with E-state index in [1.54, 1.807) is 43.3 Å². The Hall–Kier alpha value is -3.40. The van der Waals surface area contributed by atoms with Gasteiger partial charge in [-0.15, -0.1) is 0 Å². The Labute approximate surface area is 179 Å². The first-order valence-corrected chi connectivity index (χ1v) is 9.74. The van der Waals surface area contributed by atoms with Crippen LogP contribution in [0.3, 0.4) is 0 Å². The van der Waals surface area contributed by atoms with Crippen molar-refractivity contribution in [3.8, 4) is 5.75 Å². The van der Waals surface area contributed by atoms with E-state index in [-0.39, 0.29) is 5.91 Å². The van der Waals surface area contributed by atoms with Crippen LogP contribution in [0.25, 0.3) is 11.1 Å². The number of fused-ring (bicyclic) bond motifs is 2. The molecule has 10 heteroatoms. The molecule has 1 atom stereocenters. The van der Waals surface area contributed by atoms with Gasteiger partial charge < -0.3 is 19.4 Å². The van der Waals surface area contributed by atoms with Crippen molar-refractivity contribution in [2.45, 2.75) is 12.6 Å². The third kappa shape index (κ3) is 3.73. The summed E-state index contributed by atoms with van der Waals surface area (Å²) in [5, 5.41) is 4.61. The SMILES string of the molecule is COc1ccc2c(c1)C(=O)N(C)C2.O=C1NC(=O)C(c2cc3nc(Br)ccc3o2)N1. The summed E-state index contributed by atoms with van der Waals surface area (Å²) >= 11 is 3.24. The zero-order chi connectivity index (χ0) is 21.4. The molecule has 9 nitrogen and oxygen atoms in total. The maximum atomic E-state index is 11.5. The van der Waals surface area contributed by atoms with Crippen LogP contribution in [-0.4, -0.2) is 41.9 Å². The summed E-state index contributed by atoms with van der Waals surface area (Å²) in [7, 11) is 3.40. The zero-order valence-corrected chi connectivity index (χ0v) is 17.6. The summed E-state index contributed by atoms with van der Waals surface area (Å²) in [6.07, 6.45) is 0. The lowest BCUT2D eigenvalue weighted by molar-refractivity contribution is -0.120. The Morgan fingerprint density at radius 3 is 2.70 bits per heavy atom. The summed E-state index contributed by atoms with van der Waals surface area (Å²) in [6.45, 7) is 0.707. The van der Waals surface area contributed by atoms with E-state index in [2.05, 4.69) is 31.5 Å². The Morgan fingerprint density at radius 1 is 1.20 bits per heavy atom. The van der Waals surface area contributed by atoms with Crippen LogP contribution in [0.5, 0.6) is 5.75 Å². The van der Waals surface area contributed by atoms with Crippen LogP contribution in [0.2, 0.25) is 0 Å². The van der Waals surface area contributed by atoms with Crippen molar-refractivity contribution in [3.63, 3.8) is 0 Å². The summed E-state index contributed by atoms with van der Waals surface area (Å²) in [6, 6.07) is 9.43. The van der Waals surface area contributed by atoms with Gasteiger partial charge in [-0.05, 0) is 45.8 Å². The largest absolute Gasteiger partial charge is 0.497 e. The second-order valence-electron chi connectivity index (χ2n) is 6.75. The highest BCUT2D eigenvalue weighted by molar-refractivity contribution is 9.10. The van der Waals surface area contributed by atoms with Gasteiger partial charge >= 0.3 is 6.03 Å². The number of ether oxygens (including phenoxy) is 1. The van der Waals surface area contributed by atoms with E-state index in [9.17, 15) is 14.4 Å². The molecule has 3 aromatic rings. The van der Waals surface area contributed by atoms with Crippen molar-refractivity contribution in [1.82, 2.24) is 20.5 Å². The maximum absolute atomic E-state index is 11.5. The Bertz CT molecular complexity index is 1180. The number of methoxy groups -OCH3 is 1. The van der Waals surface area contributed by atoms with Crippen LogP contribution in [0, 0.1) is 0 Å². The number of carbonyl (C=O) groups is 3. The lowest BCUT2D eigenvalue weighted by atomic mass is 10.1. The molecule has 1 saturated heterocycles. The quantitative estimate of drug-likeness (QED) is 0.437. The number of benzene rings is 1. The maximum Gasteiger partial charge on any atom is 0.322 e. The molecule has 2 N–H and O–H groups in total. The van der Waals surface area contributed by atoms with Crippen molar-refractivity contribution in [2.24, 2.45) is 0 Å². The molecule has 1 fully saturated rings. The van der Waals surface area contributed by atoms with Crippen LogP contribution < -0.4 is 15.4 Å². The Kier molecular flexibility index (Phi) is 5.17. The van der Waals surface area contributed by atoms with Crippen LogP contribution in [0.4, 0.5) is 4.79 Å². The lowest BCUT2D eigenvalue weighted by Gasteiger charge is -2.04. The van der Waals surface area contributed by atoms with E-state index in [0.717, 1.165) is 16.9 Å². The number of urea groups is 1.